The lowest BCUT2D eigenvalue weighted by molar-refractivity contribution is -0.117. The van der Waals surface area contributed by atoms with E-state index in [1.54, 1.807) is 0 Å². The van der Waals surface area contributed by atoms with Gasteiger partial charge in [-0.25, -0.2) is 0 Å². The average molecular weight is 305 g/mol. The van der Waals surface area contributed by atoms with Gasteiger partial charge in [-0.15, -0.1) is 0 Å². The Labute approximate surface area is 135 Å². The summed E-state index contributed by atoms with van der Waals surface area (Å²) >= 11 is 0. The summed E-state index contributed by atoms with van der Waals surface area (Å²) in [7, 11) is 0. The van der Waals surface area contributed by atoms with Crippen molar-refractivity contribution in [1.29, 1.82) is 0 Å². The maximum absolute atomic E-state index is 10.8. The fourth-order valence-electron chi connectivity index (χ4n) is 2.92. The molecule has 124 valence electrons. The van der Waals surface area contributed by atoms with E-state index in [4.69, 9.17) is 5.73 Å². The molecule has 0 radical (unpaired) electrons. The number of nitrogens with two attached hydrogens (primary N) is 1. The van der Waals surface area contributed by atoms with E-state index < -0.39 is 0 Å². The minimum Gasteiger partial charge on any atom is -0.345 e. The molecule has 1 fully saturated rings. The first-order valence-corrected chi connectivity index (χ1v) is 8.11. The molecule has 4 nitrogen and oxygen atoms in total. The van der Waals surface area contributed by atoms with Crippen molar-refractivity contribution in [3.05, 3.63) is 23.4 Å². The Morgan fingerprint density at radius 2 is 2.18 bits per heavy atom. The van der Waals surface area contributed by atoms with Gasteiger partial charge < -0.3 is 10.6 Å². The summed E-state index contributed by atoms with van der Waals surface area (Å²) in [4.78, 5) is 16.7. The van der Waals surface area contributed by atoms with E-state index in [1.807, 2.05) is 11.8 Å². The van der Waals surface area contributed by atoms with Gasteiger partial charge in [-0.1, -0.05) is 26.8 Å². The van der Waals surface area contributed by atoms with Crippen LogP contribution < -0.4 is 5.73 Å². The zero-order valence-corrected chi connectivity index (χ0v) is 14.5. The van der Waals surface area contributed by atoms with E-state index in [0.29, 0.717) is 5.92 Å². The van der Waals surface area contributed by atoms with E-state index in [-0.39, 0.29) is 11.5 Å². The molecule has 0 aromatic heterocycles. The van der Waals surface area contributed by atoms with Crippen LogP contribution >= 0.6 is 0 Å². The van der Waals surface area contributed by atoms with Crippen molar-refractivity contribution >= 4 is 13.1 Å². The summed E-state index contributed by atoms with van der Waals surface area (Å²) in [6, 6.07) is -0.0971. The van der Waals surface area contributed by atoms with Gasteiger partial charge in [0.2, 0.25) is 6.41 Å². The van der Waals surface area contributed by atoms with Crippen molar-refractivity contribution in [3.63, 3.8) is 0 Å². The van der Waals surface area contributed by atoms with Crippen LogP contribution in [-0.4, -0.2) is 37.2 Å². The van der Waals surface area contributed by atoms with Gasteiger partial charge in [0.25, 0.3) is 0 Å². The molecule has 1 aliphatic heterocycles. The number of hydrogen-bond acceptors (Lipinski definition) is 3. The molecule has 2 unspecified atom stereocenters. The summed E-state index contributed by atoms with van der Waals surface area (Å²) in [5, 5.41) is 0. The van der Waals surface area contributed by atoms with Gasteiger partial charge in [0.15, 0.2) is 0 Å². The van der Waals surface area contributed by atoms with E-state index in [0.717, 1.165) is 44.5 Å². The van der Waals surface area contributed by atoms with E-state index in [1.165, 1.54) is 5.57 Å². The second kappa shape index (κ2) is 8.28. The Morgan fingerprint density at radius 1 is 1.50 bits per heavy atom. The summed E-state index contributed by atoms with van der Waals surface area (Å²) in [5.41, 5.74) is 8.45. The summed E-state index contributed by atoms with van der Waals surface area (Å²) in [6.07, 6.45) is 8.11. The van der Waals surface area contributed by atoms with Crippen molar-refractivity contribution in [1.82, 2.24) is 4.90 Å². The maximum atomic E-state index is 10.8. The molecule has 2 atom stereocenters. The highest BCUT2D eigenvalue weighted by molar-refractivity contribution is 5.47. The Balaban J connectivity index is 2.63. The topological polar surface area (TPSA) is 58.7 Å². The highest BCUT2D eigenvalue weighted by Crippen LogP contribution is 2.28. The van der Waals surface area contributed by atoms with E-state index in [9.17, 15) is 4.79 Å². The van der Waals surface area contributed by atoms with Crippen LogP contribution in [0.5, 0.6) is 0 Å². The van der Waals surface area contributed by atoms with Crippen LogP contribution in [-0.2, 0) is 4.79 Å². The van der Waals surface area contributed by atoms with Gasteiger partial charge >= 0.3 is 0 Å². The van der Waals surface area contributed by atoms with Crippen LogP contribution in [0.15, 0.2) is 28.4 Å². The number of carbonyl (C=O) groups excluding carboxylic acids is 1. The Hall–Kier alpha value is -1.42. The molecule has 1 heterocycles. The number of nitrogens with zero attached hydrogens (tertiary/aromatic N) is 2. The lowest BCUT2D eigenvalue weighted by Gasteiger charge is -2.22. The molecule has 0 aliphatic carbocycles. The number of carbonyl (C=O) groups is 1. The van der Waals surface area contributed by atoms with Gasteiger partial charge in [-0.05, 0) is 55.9 Å². The molecule has 1 amide bonds. The SMILES string of the molecule is C=N/C(=C\C(=C/C)C(C)(C)C)C(N)CCC1CCN(C=O)C1. The molecular weight excluding hydrogens is 274 g/mol. The third-order valence-electron chi connectivity index (χ3n) is 4.40. The normalized spacial score (nSPS) is 21.9. The zero-order valence-electron chi connectivity index (χ0n) is 14.5. The Bertz CT molecular complexity index is 446. The first-order chi connectivity index (χ1) is 10.3. The van der Waals surface area contributed by atoms with Gasteiger partial charge in [-0.3, -0.25) is 9.79 Å². The average Bonchev–Trinajstić information content (AvgIpc) is 2.92. The molecule has 4 heteroatoms. The van der Waals surface area contributed by atoms with E-state index >= 15 is 0 Å². The summed E-state index contributed by atoms with van der Waals surface area (Å²) < 4.78 is 0. The molecular formula is C18H31N3O. The number of allylic oxidation sites excluding steroid dienone is 3. The highest BCUT2D eigenvalue weighted by Gasteiger charge is 2.22. The number of hydrogen-bond donors (Lipinski definition) is 1. The highest BCUT2D eigenvalue weighted by atomic mass is 16.1. The summed E-state index contributed by atoms with van der Waals surface area (Å²) in [6.45, 7) is 14.0. The fourth-order valence-corrected chi connectivity index (χ4v) is 2.92. The van der Waals surface area contributed by atoms with Gasteiger partial charge in [-0.2, -0.15) is 0 Å². The monoisotopic (exact) mass is 305 g/mol. The molecule has 0 spiro atoms. The molecule has 0 bridgehead atoms. The van der Waals surface area contributed by atoms with Crippen LogP contribution in [0.3, 0.4) is 0 Å². The smallest absolute Gasteiger partial charge is 0.209 e. The van der Waals surface area contributed by atoms with Gasteiger partial charge in [0.05, 0.1) is 5.70 Å². The minimum atomic E-state index is -0.0971. The summed E-state index contributed by atoms with van der Waals surface area (Å²) in [5.74, 6) is 0.561. The van der Waals surface area contributed by atoms with Crippen molar-refractivity contribution < 1.29 is 4.79 Å². The fraction of sp³-hybridized carbons (Fsp3) is 0.667. The lowest BCUT2D eigenvalue weighted by atomic mass is 9.85. The molecule has 2 N–H and O–H groups in total. The number of rotatable bonds is 7. The molecule has 0 saturated carbocycles. The molecule has 1 rings (SSSR count). The molecule has 0 aromatic carbocycles. The second-order valence-electron chi connectivity index (χ2n) is 7.16. The van der Waals surface area contributed by atoms with Gasteiger partial charge in [0.1, 0.15) is 0 Å². The first-order valence-electron chi connectivity index (χ1n) is 8.11. The lowest BCUT2D eigenvalue weighted by Crippen LogP contribution is -2.24. The van der Waals surface area contributed by atoms with Crippen LogP contribution in [0, 0.1) is 11.3 Å². The third-order valence-corrected chi connectivity index (χ3v) is 4.40. The predicted octanol–water partition coefficient (Wildman–Crippen LogP) is 3.15. The van der Waals surface area contributed by atoms with Crippen LogP contribution in [0.4, 0.5) is 0 Å². The van der Waals surface area contributed by atoms with Crippen LogP contribution in [0.25, 0.3) is 0 Å². The number of amides is 1. The molecule has 0 aromatic rings. The van der Waals surface area contributed by atoms with Gasteiger partial charge in [0, 0.05) is 19.1 Å². The zero-order chi connectivity index (χ0) is 16.8. The van der Waals surface area contributed by atoms with Crippen LogP contribution in [0.2, 0.25) is 0 Å². The van der Waals surface area contributed by atoms with E-state index in [2.05, 4.69) is 44.6 Å². The number of aliphatic imine (C=N–C) groups is 1. The number of likely N-dealkylation sites (tertiary alicyclic amines) is 1. The molecule has 22 heavy (non-hydrogen) atoms. The predicted molar refractivity (Wildman–Crippen MR) is 93.8 cm³/mol. The Kier molecular flexibility index (Phi) is 7.01. The second-order valence-corrected chi connectivity index (χ2v) is 7.16. The molecule has 1 saturated heterocycles. The minimum absolute atomic E-state index is 0.0698. The Morgan fingerprint density at radius 3 is 2.64 bits per heavy atom. The van der Waals surface area contributed by atoms with Crippen molar-refractivity contribution in [3.8, 4) is 0 Å². The van der Waals surface area contributed by atoms with Crippen molar-refractivity contribution in [2.45, 2.75) is 53.0 Å². The first kappa shape index (κ1) is 18.6. The third kappa shape index (κ3) is 5.41. The van der Waals surface area contributed by atoms with Crippen LogP contribution in [0.1, 0.15) is 47.0 Å². The quantitative estimate of drug-likeness (QED) is 0.446. The van der Waals surface area contributed by atoms with Crippen molar-refractivity contribution in [2.24, 2.45) is 22.1 Å². The van der Waals surface area contributed by atoms with Crippen molar-refractivity contribution in [2.75, 3.05) is 13.1 Å². The standard InChI is InChI=1S/C18H31N3O/c1-6-15(18(2,3)4)11-17(20-5)16(19)8-7-14-9-10-21(12-14)13-22/h6,11,13-14,16H,5,7-10,12,19H2,1-4H3/b15-6+,17-11-. The maximum Gasteiger partial charge on any atom is 0.209 e. The largest absolute Gasteiger partial charge is 0.345 e. The molecule has 1 aliphatic rings.